The molecule has 0 saturated carbocycles. The number of carboxylic acids is 1. The van der Waals surface area contributed by atoms with Gasteiger partial charge in [-0.1, -0.05) is 12.1 Å². The van der Waals surface area contributed by atoms with Gasteiger partial charge in [-0.25, -0.2) is 0 Å². The highest BCUT2D eigenvalue weighted by atomic mass is 16.4. The normalized spacial score (nSPS) is 19.7. The number of carboxylic acid groups (broad SMARTS) is 1. The maximum Gasteiger partial charge on any atom is 0.321 e. The molecule has 15 heavy (non-hydrogen) atoms. The lowest BCUT2D eigenvalue weighted by molar-refractivity contribution is -0.139. The fraction of sp³-hybridized carbons (Fsp3) is 0.417. The van der Waals surface area contributed by atoms with Crippen LogP contribution >= 0.6 is 0 Å². The standard InChI is InChI=1S/C12H15NO2/c1-7-3-4-8(2)10-6-13-11(12(14)15)5-9(7)10/h3-4,11,13H,5-6H2,1-2H3,(H,14,15). The van der Waals surface area contributed by atoms with Gasteiger partial charge in [-0.15, -0.1) is 0 Å². The van der Waals surface area contributed by atoms with Crippen LogP contribution in [0.4, 0.5) is 0 Å². The van der Waals surface area contributed by atoms with Crippen LogP contribution in [0.5, 0.6) is 0 Å². The summed E-state index contributed by atoms with van der Waals surface area (Å²) < 4.78 is 0. The average Bonchev–Trinajstić information content (AvgIpc) is 2.23. The molecule has 0 fully saturated rings. The number of hydrogen-bond acceptors (Lipinski definition) is 2. The molecule has 1 unspecified atom stereocenters. The highest BCUT2D eigenvalue weighted by Crippen LogP contribution is 2.23. The molecule has 2 rings (SSSR count). The van der Waals surface area contributed by atoms with E-state index >= 15 is 0 Å². The summed E-state index contributed by atoms with van der Waals surface area (Å²) in [4.78, 5) is 10.9. The van der Waals surface area contributed by atoms with E-state index in [2.05, 4.69) is 24.4 Å². The zero-order valence-corrected chi connectivity index (χ0v) is 9.00. The van der Waals surface area contributed by atoms with Gasteiger partial charge in [0.1, 0.15) is 6.04 Å². The van der Waals surface area contributed by atoms with Crippen LogP contribution in [-0.2, 0) is 17.8 Å². The summed E-state index contributed by atoms with van der Waals surface area (Å²) in [6.07, 6.45) is 0.595. The highest BCUT2D eigenvalue weighted by molar-refractivity contribution is 5.74. The van der Waals surface area contributed by atoms with Crippen molar-refractivity contribution in [2.24, 2.45) is 0 Å². The van der Waals surface area contributed by atoms with Crippen LogP contribution in [0.25, 0.3) is 0 Å². The summed E-state index contributed by atoms with van der Waals surface area (Å²) in [5, 5.41) is 12.0. The number of nitrogens with one attached hydrogen (secondary N) is 1. The molecule has 3 nitrogen and oxygen atoms in total. The van der Waals surface area contributed by atoms with Gasteiger partial charge in [0, 0.05) is 6.54 Å². The van der Waals surface area contributed by atoms with Gasteiger partial charge in [0.05, 0.1) is 0 Å². The fourth-order valence-electron chi connectivity index (χ4n) is 2.13. The van der Waals surface area contributed by atoms with E-state index in [1.807, 2.05) is 6.92 Å². The predicted molar refractivity (Wildman–Crippen MR) is 57.9 cm³/mol. The van der Waals surface area contributed by atoms with Crippen molar-refractivity contribution < 1.29 is 9.90 Å². The first kappa shape index (κ1) is 10.2. The maximum absolute atomic E-state index is 10.9. The van der Waals surface area contributed by atoms with E-state index in [1.165, 1.54) is 22.3 Å². The van der Waals surface area contributed by atoms with E-state index in [1.54, 1.807) is 0 Å². The molecule has 1 aliphatic rings. The minimum Gasteiger partial charge on any atom is -0.480 e. The molecule has 80 valence electrons. The number of hydrogen-bond donors (Lipinski definition) is 2. The first-order valence-electron chi connectivity index (χ1n) is 5.13. The van der Waals surface area contributed by atoms with E-state index in [0.29, 0.717) is 13.0 Å². The molecule has 1 aliphatic heterocycles. The molecule has 0 aliphatic carbocycles. The van der Waals surface area contributed by atoms with Crippen molar-refractivity contribution in [2.75, 3.05) is 0 Å². The third-order valence-electron chi connectivity index (χ3n) is 3.13. The van der Waals surface area contributed by atoms with Crippen LogP contribution in [0.15, 0.2) is 12.1 Å². The Kier molecular flexibility index (Phi) is 2.49. The van der Waals surface area contributed by atoms with E-state index in [-0.39, 0.29) is 0 Å². The Hall–Kier alpha value is -1.35. The Morgan fingerprint density at radius 3 is 2.53 bits per heavy atom. The van der Waals surface area contributed by atoms with Crippen molar-refractivity contribution in [1.82, 2.24) is 5.32 Å². The van der Waals surface area contributed by atoms with E-state index in [0.717, 1.165) is 0 Å². The smallest absolute Gasteiger partial charge is 0.321 e. The monoisotopic (exact) mass is 205 g/mol. The first-order chi connectivity index (χ1) is 7.09. The van der Waals surface area contributed by atoms with Crippen LogP contribution < -0.4 is 5.32 Å². The lowest BCUT2D eigenvalue weighted by atomic mass is 9.89. The molecule has 0 aromatic heterocycles. The van der Waals surface area contributed by atoms with Crippen molar-refractivity contribution in [2.45, 2.75) is 32.9 Å². The molecule has 0 radical (unpaired) electrons. The Morgan fingerprint density at radius 2 is 1.93 bits per heavy atom. The number of carbonyl (C=O) groups is 1. The second kappa shape index (κ2) is 3.66. The Labute approximate surface area is 89.1 Å². The number of rotatable bonds is 1. The van der Waals surface area contributed by atoms with E-state index in [9.17, 15) is 4.79 Å². The number of benzene rings is 1. The van der Waals surface area contributed by atoms with Gasteiger partial charge in [0.2, 0.25) is 0 Å². The van der Waals surface area contributed by atoms with Crippen molar-refractivity contribution in [3.63, 3.8) is 0 Å². The summed E-state index contributed by atoms with van der Waals surface area (Å²) in [6, 6.07) is 3.73. The number of aryl methyl sites for hydroxylation is 2. The summed E-state index contributed by atoms with van der Waals surface area (Å²) in [5.41, 5.74) is 4.92. The van der Waals surface area contributed by atoms with E-state index in [4.69, 9.17) is 5.11 Å². The molecule has 2 N–H and O–H groups in total. The van der Waals surface area contributed by atoms with Crippen molar-refractivity contribution in [3.8, 4) is 0 Å². The van der Waals surface area contributed by atoms with Crippen molar-refractivity contribution >= 4 is 5.97 Å². The van der Waals surface area contributed by atoms with Crippen molar-refractivity contribution in [1.29, 1.82) is 0 Å². The molecule has 0 amide bonds. The van der Waals surface area contributed by atoms with Gasteiger partial charge in [-0.05, 0) is 42.5 Å². The molecular formula is C12H15NO2. The van der Waals surface area contributed by atoms with Crippen LogP contribution in [0.2, 0.25) is 0 Å². The molecule has 0 saturated heterocycles. The summed E-state index contributed by atoms with van der Waals surface area (Å²) in [7, 11) is 0. The maximum atomic E-state index is 10.9. The molecule has 0 spiro atoms. The van der Waals surface area contributed by atoms with Crippen LogP contribution in [0.3, 0.4) is 0 Å². The quantitative estimate of drug-likeness (QED) is 0.728. The summed E-state index contributed by atoms with van der Waals surface area (Å²) in [6.45, 7) is 4.78. The number of fused-ring (bicyclic) bond motifs is 1. The van der Waals surface area contributed by atoms with Crippen LogP contribution in [0.1, 0.15) is 22.3 Å². The van der Waals surface area contributed by atoms with Gasteiger partial charge in [0.15, 0.2) is 0 Å². The molecule has 1 heterocycles. The van der Waals surface area contributed by atoms with Crippen LogP contribution in [0, 0.1) is 13.8 Å². The molecule has 0 bridgehead atoms. The summed E-state index contributed by atoms with van der Waals surface area (Å²) in [5.74, 6) is -0.762. The SMILES string of the molecule is Cc1ccc(C)c2c1CNC(C(=O)O)C2. The molecule has 1 atom stereocenters. The Balaban J connectivity index is 2.41. The van der Waals surface area contributed by atoms with Gasteiger partial charge < -0.3 is 5.11 Å². The van der Waals surface area contributed by atoms with Crippen LogP contribution in [-0.4, -0.2) is 17.1 Å². The topological polar surface area (TPSA) is 49.3 Å². The fourth-order valence-corrected chi connectivity index (χ4v) is 2.13. The number of aliphatic carboxylic acids is 1. The minimum absolute atomic E-state index is 0.432. The zero-order chi connectivity index (χ0) is 11.0. The molecule has 1 aromatic rings. The van der Waals surface area contributed by atoms with E-state index < -0.39 is 12.0 Å². The lowest BCUT2D eigenvalue weighted by Gasteiger charge is -2.26. The van der Waals surface area contributed by atoms with Gasteiger partial charge in [-0.3, -0.25) is 10.1 Å². The highest BCUT2D eigenvalue weighted by Gasteiger charge is 2.25. The summed E-state index contributed by atoms with van der Waals surface area (Å²) >= 11 is 0. The predicted octanol–water partition coefficient (Wildman–Crippen LogP) is 1.40. The Morgan fingerprint density at radius 1 is 1.33 bits per heavy atom. The molecule has 1 aromatic carbocycles. The van der Waals surface area contributed by atoms with Crippen molar-refractivity contribution in [3.05, 3.63) is 34.4 Å². The van der Waals surface area contributed by atoms with Gasteiger partial charge in [-0.2, -0.15) is 0 Å². The third kappa shape index (κ3) is 1.75. The molecule has 3 heteroatoms. The molecular weight excluding hydrogens is 190 g/mol. The minimum atomic E-state index is -0.762. The van der Waals surface area contributed by atoms with Gasteiger partial charge >= 0.3 is 5.97 Å². The second-order valence-electron chi connectivity index (χ2n) is 4.13. The van der Waals surface area contributed by atoms with Gasteiger partial charge in [0.25, 0.3) is 0 Å². The lowest BCUT2D eigenvalue weighted by Crippen LogP contribution is -2.42. The Bertz CT molecular complexity index is 412. The average molecular weight is 205 g/mol. The third-order valence-corrected chi connectivity index (χ3v) is 3.13. The second-order valence-corrected chi connectivity index (χ2v) is 4.13. The largest absolute Gasteiger partial charge is 0.480 e. The zero-order valence-electron chi connectivity index (χ0n) is 9.00. The first-order valence-corrected chi connectivity index (χ1v) is 5.13.